The van der Waals surface area contributed by atoms with Gasteiger partial charge in [0, 0.05) is 31.7 Å². The van der Waals surface area contributed by atoms with Gasteiger partial charge in [0.15, 0.2) is 0 Å². The maximum Gasteiger partial charge on any atom is 0.272 e. The molecule has 7 heteroatoms. The molecule has 3 heterocycles. The SMILES string of the molecule is CCN1CCC(N2CCn3nc(COc4cccc(F)c4)cc3C2=O)CC1. The summed E-state index contributed by atoms with van der Waals surface area (Å²) in [5, 5.41) is 4.49. The number of nitrogens with zero attached hydrogens (tertiary/aromatic N) is 4. The van der Waals surface area contributed by atoms with Crippen molar-refractivity contribution < 1.29 is 13.9 Å². The Kier molecular flexibility index (Phi) is 5.11. The molecule has 1 fully saturated rings. The first-order chi connectivity index (χ1) is 13.1. The van der Waals surface area contributed by atoms with Gasteiger partial charge in [-0.3, -0.25) is 9.48 Å². The molecule has 2 aliphatic rings. The van der Waals surface area contributed by atoms with E-state index in [1.54, 1.807) is 22.9 Å². The number of amides is 1. The molecule has 0 bridgehead atoms. The highest BCUT2D eigenvalue weighted by molar-refractivity contribution is 5.93. The van der Waals surface area contributed by atoms with Crippen LogP contribution in [0.25, 0.3) is 0 Å². The summed E-state index contributed by atoms with van der Waals surface area (Å²) in [6.07, 6.45) is 2.06. The number of ether oxygens (including phenoxy) is 1. The van der Waals surface area contributed by atoms with Crippen LogP contribution in [0.1, 0.15) is 35.9 Å². The van der Waals surface area contributed by atoms with Crippen molar-refractivity contribution in [2.24, 2.45) is 0 Å². The summed E-state index contributed by atoms with van der Waals surface area (Å²) in [5.74, 6) is 0.175. The van der Waals surface area contributed by atoms with Crippen LogP contribution in [0.4, 0.5) is 4.39 Å². The maximum absolute atomic E-state index is 13.2. The summed E-state index contributed by atoms with van der Waals surface area (Å²) >= 11 is 0. The zero-order valence-electron chi connectivity index (χ0n) is 15.6. The third-order valence-corrected chi connectivity index (χ3v) is 5.49. The molecule has 27 heavy (non-hydrogen) atoms. The molecule has 0 radical (unpaired) electrons. The van der Waals surface area contributed by atoms with E-state index in [0.29, 0.717) is 36.3 Å². The van der Waals surface area contributed by atoms with Gasteiger partial charge < -0.3 is 14.5 Å². The molecule has 4 rings (SSSR count). The van der Waals surface area contributed by atoms with Crippen molar-refractivity contribution in [2.75, 3.05) is 26.2 Å². The number of carbonyl (C=O) groups excluding carboxylic acids is 1. The average molecular weight is 372 g/mol. The first-order valence-corrected chi connectivity index (χ1v) is 9.62. The molecule has 2 aliphatic heterocycles. The molecule has 2 aromatic rings. The third-order valence-electron chi connectivity index (χ3n) is 5.49. The van der Waals surface area contributed by atoms with Gasteiger partial charge >= 0.3 is 0 Å². The highest BCUT2D eigenvalue weighted by Crippen LogP contribution is 2.23. The fraction of sp³-hybridized carbons (Fsp3) is 0.500. The van der Waals surface area contributed by atoms with Crippen molar-refractivity contribution in [1.29, 1.82) is 0 Å². The molecule has 0 saturated carbocycles. The Balaban J connectivity index is 1.41. The Bertz CT molecular complexity index is 814. The predicted octanol–water partition coefficient (Wildman–Crippen LogP) is 2.54. The van der Waals surface area contributed by atoms with Gasteiger partial charge in [-0.2, -0.15) is 5.10 Å². The van der Waals surface area contributed by atoms with E-state index in [1.807, 2.05) is 4.90 Å². The van der Waals surface area contributed by atoms with Crippen molar-refractivity contribution in [2.45, 2.75) is 39.0 Å². The standard InChI is InChI=1S/C20H25FN4O2/c1-2-23-8-6-17(7-9-23)24-10-11-25-19(20(24)26)13-16(22-25)14-27-18-5-3-4-15(21)12-18/h3-5,12-13,17H,2,6-11,14H2,1H3. The summed E-state index contributed by atoms with van der Waals surface area (Å²) in [5.41, 5.74) is 1.31. The number of carbonyl (C=O) groups is 1. The summed E-state index contributed by atoms with van der Waals surface area (Å²) in [4.78, 5) is 17.4. The van der Waals surface area contributed by atoms with Gasteiger partial charge in [0.05, 0.1) is 6.54 Å². The van der Waals surface area contributed by atoms with Crippen LogP contribution in [-0.4, -0.2) is 57.7 Å². The molecule has 1 saturated heterocycles. The lowest BCUT2D eigenvalue weighted by Crippen LogP contribution is -2.50. The van der Waals surface area contributed by atoms with Crippen LogP contribution in [0.2, 0.25) is 0 Å². The van der Waals surface area contributed by atoms with Crippen LogP contribution in [0.3, 0.4) is 0 Å². The van der Waals surface area contributed by atoms with Gasteiger partial charge in [0.25, 0.3) is 5.91 Å². The lowest BCUT2D eigenvalue weighted by atomic mass is 10.0. The number of piperidine rings is 1. The molecule has 1 aromatic carbocycles. The molecule has 0 unspecified atom stereocenters. The van der Waals surface area contributed by atoms with Crippen molar-refractivity contribution in [3.05, 3.63) is 47.5 Å². The number of hydrogen-bond acceptors (Lipinski definition) is 4. The van der Waals surface area contributed by atoms with E-state index >= 15 is 0 Å². The second kappa shape index (κ2) is 7.68. The molecule has 0 N–H and O–H groups in total. The molecule has 0 atom stereocenters. The zero-order chi connectivity index (χ0) is 18.8. The molecule has 144 valence electrons. The van der Waals surface area contributed by atoms with E-state index in [1.165, 1.54) is 12.1 Å². The van der Waals surface area contributed by atoms with E-state index in [0.717, 1.165) is 32.5 Å². The van der Waals surface area contributed by atoms with Crippen molar-refractivity contribution in [1.82, 2.24) is 19.6 Å². The summed E-state index contributed by atoms with van der Waals surface area (Å²) < 4.78 is 20.6. The largest absolute Gasteiger partial charge is 0.487 e. The first kappa shape index (κ1) is 18.0. The normalized spacial score (nSPS) is 18.6. The second-order valence-corrected chi connectivity index (χ2v) is 7.15. The minimum Gasteiger partial charge on any atom is -0.487 e. The zero-order valence-corrected chi connectivity index (χ0v) is 15.6. The van der Waals surface area contributed by atoms with E-state index in [4.69, 9.17) is 4.74 Å². The predicted molar refractivity (Wildman–Crippen MR) is 99.1 cm³/mol. The van der Waals surface area contributed by atoms with Crippen molar-refractivity contribution in [3.63, 3.8) is 0 Å². The van der Waals surface area contributed by atoms with Gasteiger partial charge in [-0.1, -0.05) is 13.0 Å². The number of fused-ring (bicyclic) bond motifs is 1. The van der Waals surface area contributed by atoms with Gasteiger partial charge in [-0.05, 0) is 37.6 Å². The molecular formula is C20H25FN4O2. The fourth-order valence-corrected chi connectivity index (χ4v) is 3.94. The number of aromatic nitrogens is 2. The monoisotopic (exact) mass is 372 g/mol. The lowest BCUT2D eigenvalue weighted by Gasteiger charge is -2.39. The number of benzene rings is 1. The van der Waals surface area contributed by atoms with E-state index < -0.39 is 0 Å². The molecule has 0 spiro atoms. The Hall–Kier alpha value is -2.41. The fourth-order valence-electron chi connectivity index (χ4n) is 3.94. The van der Waals surface area contributed by atoms with Crippen LogP contribution in [0.15, 0.2) is 30.3 Å². The Morgan fingerprint density at radius 2 is 2.00 bits per heavy atom. The van der Waals surface area contributed by atoms with Gasteiger partial charge in [0.2, 0.25) is 0 Å². The minimum absolute atomic E-state index is 0.0562. The number of likely N-dealkylation sites (tertiary alicyclic amines) is 1. The quantitative estimate of drug-likeness (QED) is 0.809. The van der Waals surface area contributed by atoms with Crippen LogP contribution in [0, 0.1) is 5.82 Å². The number of halogens is 1. The van der Waals surface area contributed by atoms with Crippen LogP contribution >= 0.6 is 0 Å². The highest BCUT2D eigenvalue weighted by atomic mass is 19.1. The highest BCUT2D eigenvalue weighted by Gasteiger charge is 2.33. The summed E-state index contributed by atoms with van der Waals surface area (Å²) in [7, 11) is 0. The summed E-state index contributed by atoms with van der Waals surface area (Å²) in [6.45, 7) is 6.98. The lowest BCUT2D eigenvalue weighted by molar-refractivity contribution is 0.0504. The van der Waals surface area contributed by atoms with E-state index in [2.05, 4.69) is 16.9 Å². The van der Waals surface area contributed by atoms with Crippen LogP contribution in [-0.2, 0) is 13.2 Å². The smallest absolute Gasteiger partial charge is 0.272 e. The van der Waals surface area contributed by atoms with Crippen LogP contribution in [0.5, 0.6) is 5.75 Å². The van der Waals surface area contributed by atoms with Gasteiger partial charge in [0.1, 0.15) is 29.6 Å². The number of rotatable bonds is 5. The summed E-state index contributed by atoms with van der Waals surface area (Å²) in [6, 6.07) is 8.14. The Morgan fingerprint density at radius 1 is 1.19 bits per heavy atom. The van der Waals surface area contributed by atoms with Crippen molar-refractivity contribution in [3.8, 4) is 5.75 Å². The molecule has 6 nitrogen and oxygen atoms in total. The average Bonchev–Trinajstić information content (AvgIpc) is 3.11. The van der Waals surface area contributed by atoms with E-state index in [9.17, 15) is 9.18 Å². The number of hydrogen-bond donors (Lipinski definition) is 0. The van der Waals surface area contributed by atoms with E-state index in [-0.39, 0.29) is 18.3 Å². The van der Waals surface area contributed by atoms with Crippen LogP contribution < -0.4 is 4.74 Å². The Labute approximate surface area is 158 Å². The molecular weight excluding hydrogens is 347 g/mol. The molecule has 1 amide bonds. The minimum atomic E-state index is -0.337. The van der Waals surface area contributed by atoms with Crippen molar-refractivity contribution >= 4 is 5.91 Å². The first-order valence-electron chi connectivity index (χ1n) is 9.62. The maximum atomic E-state index is 13.2. The molecule has 0 aliphatic carbocycles. The molecule has 1 aromatic heterocycles. The Morgan fingerprint density at radius 3 is 2.74 bits per heavy atom. The topological polar surface area (TPSA) is 50.6 Å². The second-order valence-electron chi connectivity index (χ2n) is 7.15. The van der Waals surface area contributed by atoms with Gasteiger partial charge in [-0.15, -0.1) is 0 Å². The third kappa shape index (κ3) is 3.83. The van der Waals surface area contributed by atoms with Gasteiger partial charge in [-0.25, -0.2) is 4.39 Å².